The number of nitrogens with one attached hydrogen (secondary N) is 2. The molecule has 1 fully saturated rings. The Morgan fingerprint density at radius 2 is 2.08 bits per heavy atom. The zero-order valence-corrected chi connectivity index (χ0v) is 14.6. The zero-order valence-electron chi connectivity index (χ0n) is 14.6. The number of hydrogen-bond acceptors (Lipinski definition) is 5. The van der Waals surface area contributed by atoms with Crippen LogP contribution in [0.15, 0.2) is 24.4 Å². The van der Waals surface area contributed by atoms with Crippen LogP contribution < -0.4 is 10.6 Å². The van der Waals surface area contributed by atoms with Crippen LogP contribution in [0.3, 0.4) is 0 Å². The summed E-state index contributed by atoms with van der Waals surface area (Å²) in [5.41, 5.74) is 0.380. The highest BCUT2D eigenvalue weighted by Crippen LogP contribution is 2.18. The van der Waals surface area contributed by atoms with Crippen LogP contribution in [0, 0.1) is 11.6 Å². The fraction of sp³-hybridized carbons (Fsp3) is 0.471. The molecule has 9 heteroatoms. The van der Waals surface area contributed by atoms with Crippen molar-refractivity contribution in [1.29, 1.82) is 0 Å². The molecule has 0 unspecified atom stereocenters. The van der Waals surface area contributed by atoms with Crippen LogP contribution in [0.25, 0.3) is 0 Å². The van der Waals surface area contributed by atoms with E-state index in [0.717, 1.165) is 44.9 Å². The number of piperazine rings is 1. The summed E-state index contributed by atoms with van der Waals surface area (Å²) in [5.74, 6) is -1.80. The molecule has 26 heavy (non-hydrogen) atoms. The standard InChI is InChI=1S/C17H22F2N6O/c1-12(14-3-2-13(18)10-15(14)19)21-17(26)16-11-25(23-22-16)9-8-24-6-4-20-5-7-24/h2-3,10-12,20H,4-9H2,1H3,(H,21,26)/t12-/m0/s1. The molecule has 1 aliphatic heterocycles. The van der Waals surface area contributed by atoms with Gasteiger partial charge < -0.3 is 10.6 Å². The van der Waals surface area contributed by atoms with Gasteiger partial charge in [-0.15, -0.1) is 5.10 Å². The van der Waals surface area contributed by atoms with Gasteiger partial charge in [-0.2, -0.15) is 0 Å². The van der Waals surface area contributed by atoms with Crippen LogP contribution in [-0.4, -0.2) is 58.5 Å². The van der Waals surface area contributed by atoms with E-state index in [0.29, 0.717) is 6.54 Å². The minimum atomic E-state index is -0.697. The molecule has 0 saturated carbocycles. The van der Waals surface area contributed by atoms with Crippen LogP contribution in [0.5, 0.6) is 0 Å². The smallest absolute Gasteiger partial charge is 0.273 e. The first-order valence-corrected chi connectivity index (χ1v) is 8.62. The number of rotatable bonds is 6. The highest BCUT2D eigenvalue weighted by atomic mass is 19.1. The fourth-order valence-electron chi connectivity index (χ4n) is 2.89. The van der Waals surface area contributed by atoms with Crippen molar-refractivity contribution >= 4 is 5.91 Å². The second-order valence-electron chi connectivity index (χ2n) is 6.32. The van der Waals surface area contributed by atoms with Crippen molar-refractivity contribution in [3.05, 3.63) is 47.3 Å². The van der Waals surface area contributed by atoms with Crippen LogP contribution in [0.4, 0.5) is 8.78 Å². The summed E-state index contributed by atoms with van der Waals surface area (Å²) in [6.45, 7) is 7.03. The number of nitrogens with zero attached hydrogens (tertiary/aromatic N) is 4. The van der Waals surface area contributed by atoms with Gasteiger partial charge in [0.15, 0.2) is 5.69 Å². The quantitative estimate of drug-likeness (QED) is 0.798. The van der Waals surface area contributed by atoms with E-state index in [-0.39, 0.29) is 11.3 Å². The predicted molar refractivity (Wildman–Crippen MR) is 91.6 cm³/mol. The first kappa shape index (κ1) is 18.4. The topological polar surface area (TPSA) is 75.1 Å². The van der Waals surface area contributed by atoms with Gasteiger partial charge in [0, 0.05) is 44.4 Å². The van der Waals surface area contributed by atoms with E-state index in [1.807, 2.05) is 0 Å². The summed E-state index contributed by atoms with van der Waals surface area (Å²) < 4.78 is 28.4. The molecule has 1 aromatic carbocycles. The van der Waals surface area contributed by atoms with Crippen molar-refractivity contribution < 1.29 is 13.6 Å². The van der Waals surface area contributed by atoms with Crippen LogP contribution >= 0.6 is 0 Å². The number of carbonyl (C=O) groups is 1. The molecule has 1 saturated heterocycles. The van der Waals surface area contributed by atoms with Crippen molar-refractivity contribution in [2.45, 2.75) is 19.5 Å². The zero-order chi connectivity index (χ0) is 18.5. The monoisotopic (exact) mass is 364 g/mol. The number of amides is 1. The van der Waals surface area contributed by atoms with Crippen LogP contribution in [0.1, 0.15) is 29.0 Å². The van der Waals surface area contributed by atoms with Gasteiger partial charge in [0.05, 0.1) is 18.8 Å². The van der Waals surface area contributed by atoms with Gasteiger partial charge in [0.2, 0.25) is 0 Å². The van der Waals surface area contributed by atoms with E-state index < -0.39 is 23.6 Å². The van der Waals surface area contributed by atoms with Crippen molar-refractivity contribution in [1.82, 2.24) is 30.5 Å². The fourth-order valence-corrected chi connectivity index (χ4v) is 2.89. The lowest BCUT2D eigenvalue weighted by molar-refractivity contribution is 0.0934. The maximum atomic E-state index is 13.8. The molecule has 1 aliphatic rings. The number of aromatic nitrogens is 3. The first-order chi connectivity index (χ1) is 12.5. The maximum absolute atomic E-state index is 13.8. The highest BCUT2D eigenvalue weighted by Gasteiger charge is 2.18. The molecule has 0 bridgehead atoms. The molecule has 7 nitrogen and oxygen atoms in total. The molecular formula is C17H22F2N6O. The third-order valence-electron chi connectivity index (χ3n) is 4.40. The van der Waals surface area contributed by atoms with Gasteiger partial charge in [0.1, 0.15) is 11.6 Å². The van der Waals surface area contributed by atoms with E-state index in [1.54, 1.807) is 17.8 Å². The first-order valence-electron chi connectivity index (χ1n) is 8.62. The Labute approximate surface area is 150 Å². The lowest BCUT2D eigenvalue weighted by atomic mass is 10.1. The summed E-state index contributed by atoms with van der Waals surface area (Å²) in [6.07, 6.45) is 1.57. The molecular weight excluding hydrogens is 342 g/mol. The summed E-state index contributed by atoms with van der Waals surface area (Å²) in [7, 11) is 0. The maximum Gasteiger partial charge on any atom is 0.273 e. The molecule has 0 spiro atoms. The molecule has 2 N–H and O–H groups in total. The molecule has 3 rings (SSSR count). The Hall–Kier alpha value is -2.39. The highest BCUT2D eigenvalue weighted by molar-refractivity contribution is 5.92. The van der Waals surface area contributed by atoms with E-state index in [9.17, 15) is 13.6 Å². The van der Waals surface area contributed by atoms with Gasteiger partial charge in [0.25, 0.3) is 5.91 Å². The SMILES string of the molecule is C[C@H](NC(=O)c1cn(CCN2CCNCC2)nn1)c1ccc(F)cc1F. The number of carbonyl (C=O) groups excluding carboxylic acids is 1. The minimum absolute atomic E-state index is 0.166. The van der Waals surface area contributed by atoms with Crippen LogP contribution in [-0.2, 0) is 6.54 Å². The second-order valence-corrected chi connectivity index (χ2v) is 6.32. The minimum Gasteiger partial charge on any atom is -0.344 e. The normalized spacial score (nSPS) is 16.4. The molecule has 1 atom stereocenters. The van der Waals surface area contributed by atoms with Crippen molar-refractivity contribution in [3.8, 4) is 0 Å². The van der Waals surface area contributed by atoms with E-state index in [1.165, 1.54) is 6.07 Å². The van der Waals surface area contributed by atoms with Crippen molar-refractivity contribution in [2.24, 2.45) is 0 Å². The summed E-state index contributed by atoms with van der Waals surface area (Å²) >= 11 is 0. The average Bonchev–Trinajstić information content (AvgIpc) is 3.10. The van der Waals surface area contributed by atoms with E-state index in [2.05, 4.69) is 25.8 Å². The third kappa shape index (κ3) is 4.61. The Kier molecular flexibility index (Phi) is 5.89. The molecule has 140 valence electrons. The van der Waals surface area contributed by atoms with Gasteiger partial charge in [-0.1, -0.05) is 11.3 Å². The number of hydrogen-bond donors (Lipinski definition) is 2. The predicted octanol–water partition coefficient (Wildman–Crippen LogP) is 0.953. The number of halogens is 2. The summed E-state index contributed by atoms with van der Waals surface area (Å²) in [5, 5.41) is 13.8. The second kappa shape index (κ2) is 8.33. The van der Waals surface area contributed by atoms with E-state index >= 15 is 0 Å². The van der Waals surface area contributed by atoms with Gasteiger partial charge >= 0.3 is 0 Å². The summed E-state index contributed by atoms with van der Waals surface area (Å²) in [4.78, 5) is 14.6. The van der Waals surface area contributed by atoms with Crippen molar-refractivity contribution in [3.63, 3.8) is 0 Å². The Bertz CT molecular complexity index is 759. The lowest BCUT2D eigenvalue weighted by Crippen LogP contribution is -2.44. The molecule has 2 aromatic rings. The Morgan fingerprint density at radius 3 is 2.81 bits per heavy atom. The summed E-state index contributed by atoms with van der Waals surface area (Å²) in [6, 6.07) is 2.66. The molecule has 0 radical (unpaired) electrons. The lowest BCUT2D eigenvalue weighted by Gasteiger charge is -2.26. The molecule has 1 amide bonds. The van der Waals surface area contributed by atoms with Gasteiger partial charge in [-0.3, -0.25) is 14.4 Å². The average molecular weight is 364 g/mol. The van der Waals surface area contributed by atoms with Gasteiger partial charge in [-0.25, -0.2) is 8.78 Å². The Balaban J connectivity index is 1.55. The molecule has 2 heterocycles. The van der Waals surface area contributed by atoms with Crippen molar-refractivity contribution in [2.75, 3.05) is 32.7 Å². The third-order valence-corrected chi connectivity index (χ3v) is 4.40. The number of benzene rings is 1. The van der Waals surface area contributed by atoms with Gasteiger partial charge in [-0.05, 0) is 13.0 Å². The molecule has 1 aromatic heterocycles. The van der Waals surface area contributed by atoms with Crippen LogP contribution in [0.2, 0.25) is 0 Å². The Morgan fingerprint density at radius 1 is 1.31 bits per heavy atom. The molecule has 0 aliphatic carbocycles. The van der Waals surface area contributed by atoms with E-state index in [4.69, 9.17) is 0 Å². The largest absolute Gasteiger partial charge is 0.344 e.